The number of amides is 2. The van der Waals surface area contributed by atoms with Crippen molar-refractivity contribution >= 4 is 23.6 Å². The van der Waals surface area contributed by atoms with E-state index in [0.717, 1.165) is 11.1 Å². The SMILES string of the molecule is C=CCn1c(CNC(=O)c2cccc(C)c2)nnc1SCC(=O)NCc1ccccc1. The molecule has 1 aromatic heterocycles. The number of benzene rings is 2. The molecule has 0 saturated carbocycles. The number of aromatic nitrogens is 3. The molecule has 3 aromatic rings. The number of carbonyl (C=O) groups is 2. The zero-order valence-corrected chi connectivity index (χ0v) is 18.2. The molecule has 0 aliphatic rings. The average molecular weight is 436 g/mol. The summed E-state index contributed by atoms with van der Waals surface area (Å²) in [4.78, 5) is 24.6. The first-order valence-corrected chi connectivity index (χ1v) is 10.9. The fraction of sp³-hybridized carbons (Fsp3) is 0.217. The molecule has 31 heavy (non-hydrogen) atoms. The van der Waals surface area contributed by atoms with Crippen LogP contribution in [0.5, 0.6) is 0 Å². The van der Waals surface area contributed by atoms with Crippen LogP contribution >= 0.6 is 11.8 Å². The van der Waals surface area contributed by atoms with Crippen LogP contribution in [0.4, 0.5) is 0 Å². The summed E-state index contributed by atoms with van der Waals surface area (Å²) in [7, 11) is 0. The van der Waals surface area contributed by atoms with E-state index in [0.29, 0.717) is 29.6 Å². The van der Waals surface area contributed by atoms with Crippen molar-refractivity contribution in [1.29, 1.82) is 0 Å². The van der Waals surface area contributed by atoms with Crippen molar-refractivity contribution in [3.05, 3.63) is 89.8 Å². The van der Waals surface area contributed by atoms with Gasteiger partial charge in [0.1, 0.15) is 0 Å². The van der Waals surface area contributed by atoms with Gasteiger partial charge in [0.15, 0.2) is 11.0 Å². The van der Waals surface area contributed by atoms with E-state index in [9.17, 15) is 9.59 Å². The van der Waals surface area contributed by atoms with Gasteiger partial charge in [-0.25, -0.2) is 0 Å². The first-order chi connectivity index (χ1) is 15.1. The summed E-state index contributed by atoms with van der Waals surface area (Å²) in [5.41, 5.74) is 2.66. The molecule has 0 atom stereocenters. The van der Waals surface area contributed by atoms with E-state index in [-0.39, 0.29) is 24.1 Å². The number of aryl methyl sites for hydroxylation is 1. The number of rotatable bonds is 10. The van der Waals surface area contributed by atoms with Crippen molar-refractivity contribution in [3.63, 3.8) is 0 Å². The van der Waals surface area contributed by atoms with Crippen molar-refractivity contribution in [3.8, 4) is 0 Å². The van der Waals surface area contributed by atoms with Crippen LogP contribution in [0.3, 0.4) is 0 Å². The number of carbonyl (C=O) groups excluding carboxylic acids is 2. The topological polar surface area (TPSA) is 88.9 Å². The number of hydrogen-bond donors (Lipinski definition) is 2. The Morgan fingerprint density at radius 1 is 1.06 bits per heavy atom. The Balaban J connectivity index is 1.56. The number of allylic oxidation sites excluding steroid dienone is 1. The summed E-state index contributed by atoms with van der Waals surface area (Å²) in [5, 5.41) is 14.7. The lowest BCUT2D eigenvalue weighted by Gasteiger charge is -2.09. The summed E-state index contributed by atoms with van der Waals surface area (Å²) in [5.74, 6) is 0.563. The fourth-order valence-corrected chi connectivity index (χ4v) is 3.69. The van der Waals surface area contributed by atoms with Crippen LogP contribution in [0.15, 0.2) is 72.4 Å². The van der Waals surface area contributed by atoms with Gasteiger partial charge in [-0.1, -0.05) is 65.9 Å². The van der Waals surface area contributed by atoms with Crippen molar-refractivity contribution in [1.82, 2.24) is 25.4 Å². The first kappa shape index (κ1) is 22.3. The minimum absolute atomic E-state index is 0.0868. The monoisotopic (exact) mass is 435 g/mol. The van der Waals surface area contributed by atoms with Gasteiger partial charge in [0.05, 0.1) is 12.3 Å². The van der Waals surface area contributed by atoms with E-state index in [1.807, 2.05) is 60.0 Å². The Hall–Kier alpha value is -3.39. The highest BCUT2D eigenvalue weighted by atomic mass is 32.2. The molecule has 0 aliphatic carbocycles. The Labute approximate surface area is 186 Å². The zero-order valence-electron chi connectivity index (χ0n) is 17.4. The molecule has 2 amide bonds. The van der Waals surface area contributed by atoms with Crippen LogP contribution in [0.2, 0.25) is 0 Å². The van der Waals surface area contributed by atoms with E-state index >= 15 is 0 Å². The molecule has 2 aromatic carbocycles. The molecule has 0 aliphatic heterocycles. The summed E-state index contributed by atoms with van der Waals surface area (Å²) < 4.78 is 1.85. The fourth-order valence-electron chi connectivity index (χ4n) is 2.89. The number of nitrogens with one attached hydrogen (secondary N) is 2. The van der Waals surface area contributed by atoms with Crippen molar-refractivity contribution in [2.45, 2.75) is 31.7 Å². The molecule has 0 spiro atoms. The highest BCUT2D eigenvalue weighted by molar-refractivity contribution is 7.99. The molecule has 0 fully saturated rings. The van der Waals surface area contributed by atoms with Crippen LogP contribution in [0.1, 0.15) is 27.3 Å². The van der Waals surface area contributed by atoms with Crippen LogP contribution in [0, 0.1) is 6.92 Å². The molecule has 2 N–H and O–H groups in total. The predicted molar refractivity (Wildman–Crippen MR) is 122 cm³/mol. The molecular weight excluding hydrogens is 410 g/mol. The van der Waals surface area contributed by atoms with E-state index in [4.69, 9.17) is 0 Å². The van der Waals surface area contributed by atoms with Crippen LogP contribution < -0.4 is 10.6 Å². The Bertz CT molecular complexity index is 1050. The third-order valence-electron chi connectivity index (χ3n) is 4.46. The highest BCUT2D eigenvalue weighted by Gasteiger charge is 2.15. The van der Waals surface area contributed by atoms with Crippen LogP contribution in [-0.2, 0) is 24.4 Å². The lowest BCUT2D eigenvalue weighted by Crippen LogP contribution is -2.25. The zero-order chi connectivity index (χ0) is 22.1. The minimum Gasteiger partial charge on any atom is -0.351 e. The third-order valence-corrected chi connectivity index (χ3v) is 5.42. The minimum atomic E-state index is -0.175. The maximum atomic E-state index is 12.4. The molecule has 160 valence electrons. The van der Waals surface area contributed by atoms with E-state index in [1.54, 1.807) is 12.1 Å². The van der Waals surface area contributed by atoms with Gasteiger partial charge in [-0.3, -0.25) is 9.59 Å². The molecular formula is C23H25N5O2S. The smallest absolute Gasteiger partial charge is 0.251 e. The lowest BCUT2D eigenvalue weighted by molar-refractivity contribution is -0.118. The van der Waals surface area contributed by atoms with Gasteiger partial charge >= 0.3 is 0 Å². The maximum Gasteiger partial charge on any atom is 0.251 e. The molecule has 7 nitrogen and oxygen atoms in total. The number of thioether (sulfide) groups is 1. The maximum absolute atomic E-state index is 12.4. The highest BCUT2D eigenvalue weighted by Crippen LogP contribution is 2.17. The Kier molecular flexibility index (Phi) is 8.00. The summed E-state index contributed by atoms with van der Waals surface area (Å²) >= 11 is 1.30. The molecule has 8 heteroatoms. The lowest BCUT2D eigenvalue weighted by atomic mass is 10.1. The van der Waals surface area contributed by atoms with E-state index in [2.05, 4.69) is 27.4 Å². The molecule has 0 radical (unpaired) electrons. The molecule has 0 unspecified atom stereocenters. The van der Waals surface area contributed by atoms with Crippen LogP contribution in [0.25, 0.3) is 0 Å². The van der Waals surface area contributed by atoms with Gasteiger partial charge < -0.3 is 15.2 Å². The second kappa shape index (κ2) is 11.1. The first-order valence-electron chi connectivity index (χ1n) is 9.88. The summed E-state index contributed by atoms with van der Waals surface area (Å²) in [6, 6.07) is 17.1. The largest absolute Gasteiger partial charge is 0.351 e. The van der Waals surface area contributed by atoms with E-state index in [1.165, 1.54) is 11.8 Å². The summed E-state index contributed by atoms with van der Waals surface area (Å²) in [6.07, 6.45) is 1.73. The predicted octanol–water partition coefficient (Wildman–Crippen LogP) is 3.11. The summed E-state index contributed by atoms with van der Waals surface area (Å²) in [6.45, 7) is 6.91. The normalized spacial score (nSPS) is 10.5. The second-order valence-corrected chi connectivity index (χ2v) is 7.84. The third kappa shape index (κ3) is 6.55. The number of nitrogens with zero attached hydrogens (tertiary/aromatic N) is 3. The van der Waals surface area contributed by atoms with Gasteiger partial charge in [-0.15, -0.1) is 16.8 Å². The Morgan fingerprint density at radius 2 is 1.87 bits per heavy atom. The van der Waals surface area contributed by atoms with Crippen molar-refractivity contribution in [2.24, 2.45) is 0 Å². The Morgan fingerprint density at radius 3 is 2.61 bits per heavy atom. The van der Waals surface area contributed by atoms with Gasteiger partial charge in [0, 0.05) is 18.7 Å². The van der Waals surface area contributed by atoms with E-state index < -0.39 is 0 Å². The van der Waals surface area contributed by atoms with Crippen molar-refractivity contribution < 1.29 is 9.59 Å². The quantitative estimate of drug-likeness (QED) is 0.377. The molecule has 0 saturated heterocycles. The van der Waals surface area contributed by atoms with Gasteiger partial charge in [-0.2, -0.15) is 0 Å². The molecule has 1 heterocycles. The second-order valence-electron chi connectivity index (χ2n) is 6.90. The van der Waals surface area contributed by atoms with Gasteiger partial charge in [0.25, 0.3) is 5.91 Å². The van der Waals surface area contributed by atoms with Crippen LogP contribution in [-0.4, -0.2) is 32.3 Å². The van der Waals surface area contributed by atoms with Crippen molar-refractivity contribution in [2.75, 3.05) is 5.75 Å². The average Bonchev–Trinajstić information content (AvgIpc) is 3.17. The molecule has 0 bridgehead atoms. The number of hydrogen-bond acceptors (Lipinski definition) is 5. The standard InChI is InChI=1S/C23H25N5O2S/c1-3-12-28-20(15-25-22(30)19-11-7-8-17(2)13-19)26-27-23(28)31-16-21(29)24-14-18-9-5-4-6-10-18/h3-11,13H,1,12,14-16H2,2H3,(H,24,29)(H,25,30). The molecule has 3 rings (SSSR count). The van der Waals surface area contributed by atoms with Gasteiger partial charge in [-0.05, 0) is 24.6 Å². The van der Waals surface area contributed by atoms with Gasteiger partial charge in [0.2, 0.25) is 5.91 Å².